The molecule has 16 heavy (non-hydrogen) atoms. The first-order valence-corrected chi connectivity index (χ1v) is 5.31. The molecule has 6 heteroatoms. The first kappa shape index (κ1) is 13.6. The van der Waals surface area contributed by atoms with Crippen molar-refractivity contribution in [1.82, 2.24) is 0 Å². The van der Waals surface area contributed by atoms with Gasteiger partial charge in [-0.2, -0.15) is 13.2 Å². The van der Waals surface area contributed by atoms with Crippen molar-refractivity contribution in [2.75, 3.05) is 6.54 Å². The second kappa shape index (κ2) is 5.25. The van der Waals surface area contributed by atoms with Gasteiger partial charge in [0, 0.05) is 16.0 Å². The summed E-state index contributed by atoms with van der Waals surface area (Å²) in [6.45, 7) is -0.110. The van der Waals surface area contributed by atoms with E-state index in [0.29, 0.717) is 10.6 Å². The quantitative estimate of drug-likeness (QED) is 0.884. The Hall–Kier alpha value is -0.450. The SMILES string of the molecule is NCC(CC(F)(F)F)c1ccc(Cl)cc1Cl. The second-order valence-corrected chi connectivity index (χ2v) is 4.26. The minimum atomic E-state index is -4.26. The Morgan fingerprint density at radius 3 is 2.31 bits per heavy atom. The molecular formula is C10H10Cl2F3N. The van der Waals surface area contributed by atoms with E-state index in [-0.39, 0.29) is 11.6 Å². The van der Waals surface area contributed by atoms with Crippen LogP contribution >= 0.6 is 23.2 Å². The fraction of sp³-hybridized carbons (Fsp3) is 0.400. The Bertz CT molecular complexity index is 366. The van der Waals surface area contributed by atoms with Gasteiger partial charge in [0.2, 0.25) is 0 Å². The molecule has 0 saturated heterocycles. The Balaban J connectivity index is 2.95. The van der Waals surface area contributed by atoms with Crippen molar-refractivity contribution in [3.8, 4) is 0 Å². The molecule has 1 rings (SSSR count). The van der Waals surface area contributed by atoms with Crippen LogP contribution in [0, 0.1) is 0 Å². The summed E-state index contributed by atoms with van der Waals surface area (Å²) in [5, 5.41) is 0.601. The van der Waals surface area contributed by atoms with Gasteiger partial charge in [0.25, 0.3) is 0 Å². The van der Waals surface area contributed by atoms with Crippen LogP contribution in [0.15, 0.2) is 18.2 Å². The van der Waals surface area contributed by atoms with Crippen molar-refractivity contribution >= 4 is 23.2 Å². The lowest BCUT2D eigenvalue weighted by Gasteiger charge is -2.18. The van der Waals surface area contributed by atoms with E-state index in [1.54, 1.807) is 0 Å². The number of benzene rings is 1. The summed E-state index contributed by atoms with van der Waals surface area (Å²) in [6, 6.07) is 4.40. The third kappa shape index (κ3) is 3.85. The molecule has 1 nitrogen and oxygen atoms in total. The zero-order valence-corrected chi connectivity index (χ0v) is 9.70. The number of rotatable bonds is 3. The van der Waals surface area contributed by atoms with Crippen molar-refractivity contribution in [1.29, 1.82) is 0 Å². The maximum absolute atomic E-state index is 12.3. The largest absolute Gasteiger partial charge is 0.389 e. The summed E-state index contributed by atoms with van der Waals surface area (Å²) >= 11 is 11.5. The van der Waals surface area contributed by atoms with Gasteiger partial charge in [-0.15, -0.1) is 0 Å². The Morgan fingerprint density at radius 1 is 1.25 bits per heavy atom. The highest BCUT2D eigenvalue weighted by Crippen LogP contribution is 2.34. The lowest BCUT2D eigenvalue weighted by molar-refractivity contribution is -0.138. The van der Waals surface area contributed by atoms with Gasteiger partial charge in [-0.3, -0.25) is 0 Å². The average molecular weight is 272 g/mol. The predicted molar refractivity (Wildman–Crippen MR) is 58.9 cm³/mol. The monoisotopic (exact) mass is 271 g/mol. The van der Waals surface area contributed by atoms with Crippen molar-refractivity contribution < 1.29 is 13.2 Å². The second-order valence-electron chi connectivity index (χ2n) is 3.42. The maximum Gasteiger partial charge on any atom is 0.389 e. The molecule has 0 aliphatic heterocycles. The number of alkyl halides is 3. The van der Waals surface area contributed by atoms with E-state index in [9.17, 15) is 13.2 Å². The number of halogens is 5. The van der Waals surface area contributed by atoms with E-state index in [0.717, 1.165) is 0 Å². The summed E-state index contributed by atoms with van der Waals surface area (Å²) in [6.07, 6.45) is -5.24. The standard InChI is InChI=1S/C10H10Cl2F3N/c11-7-1-2-8(9(12)3-7)6(5-16)4-10(13,14)15/h1-3,6H,4-5,16H2. The summed E-state index contributed by atoms with van der Waals surface area (Å²) in [5.74, 6) is -0.829. The summed E-state index contributed by atoms with van der Waals surface area (Å²) < 4.78 is 36.8. The Morgan fingerprint density at radius 2 is 1.88 bits per heavy atom. The highest BCUT2D eigenvalue weighted by molar-refractivity contribution is 6.35. The lowest BCUT2D eigenvalue weighted by atomic mass is 9.95. The fourth-order valence-corrected chi connectivity index (χ4v) is 2.00. The van der Waals surface area contributed by atoms with E-state index in [1.165, 1.54) is 18.2 Å². The third-order valence-electron chi connectivity index (χ3n) is 2.16. The van der Waals surface area contributed by atoms with Gasteiger partial charge in [-0.1, -0.05) is 29.3 Å². The zero-order chi connectivity index (χ0) is 12.3. The van der Waals surface area contributed by atoms with Crippen LogP contribution in [0.2, 0.25) is 10.0 Å². The van der Waals surface area contributed by atoms with E-state index < -0.39 is 18.5 Å². The highest BCUT2D eigenvalue weighted by atomic mass is 35.5. The normalized spacial score (nSPS) is 13.9. The molecule has 90 valence electrons. The van der Waals surface area contributed by atoms with Crippen LogP contribution in [0.5, 0.6) is 0 Å². The van der Waals surface area contributed by atoms with Crippen molar-refractivity contribution in [2.45, 2.75) is 18.5 Å². The molecule has 0 saturated carbocycles. The minimum absolute atomic E-state index is 0.110. The molecule has 0 fully saturated rings. The number of nitrogens with two attached hydrogens (primary N) is 1. The minimum Gasteiger partial charge on any atom is -0.330 e. The molecule has 0 spiro atoms. The van der Waals surface area contributed by atoms with Gasteiger partial charge >= 0.3 is 6.18 Å². The molecule has 0 bridgehead atoms. The van der Waals surface area contributed by atoms with Crippen molar-refractivity contribution in [2.24, 2.45) is 5.73 Å². The molecule has 1 unspecified atom stereocenters. The average Bonchev–Trinajstić information content (AvgIpc) is 2.13. The van der Waals surface area contributed by atoms with Gasteiger partial charge in [-0.25, -0.2) is 0 Å². The maximum atomic E-state index is 12.3. The Labute approximate surface area is 101 Å². The van der Waals surface area contributed by atoms with Crippen LogP contribution in [0.3, 0.4) is 0 Å². The van der Waals surface area contributed by atoms with Gasteiger partial charge < -0.3 is 5.73 Å². The molecule has 2 N–H and O–H groups in total. The zero-order valence-electron chi connectivity index (χ0n) is 8.19. The van der Waals surface area contributed by atoms with Crippen LogP contribution in [-0.4, -0.2) is 12.7 Å². The molecule has 0 amide bonds. The smallest absolute Gasteiger partial charge is 0.330 e. The number of hydrogen-bond acceptors (Lipinski definition) is 1. The van der Waals surface area contributed by atoms with Gasteiger partial charge in [0.1, 0.15) is 0 Å². The van der Waals surface area contributed by atoms with E-state index in [1.807, 2.05) is 0 Å². The molecule has 0 aliphatic carbocycles. The first-order chi connectivity index (χ1) is 7.33. The first-order valence-electron chi connectivity index (χ1n) is 4.55. The van der Waals surface area contributed by atoms with Crippen LogP contribution < -0.4 is 5.73 Å². The van der Waals surface area contributed by atoms with E-state index in [2.05, 4.69) is 0 Å². The summed E-state index contributed by atoms with van der Waals surface area (Å²) in [7, 11) is 0. The summed E-state index contributed by atoms with van der Waals surface area (Å²) in [5.41, 5.74) is 5.71. The van der Waals surface area contributed by atoms with Crippen LogP contribution in [-0.2, 0) is 0 Å². The van der Waals surface area contributed by atoms with Crippen LogP contribution in [0.25, 0.3) is 0 Å². The number of hydrogen-bond donors (Lipinski definition) is 1. The van der Waals surface area contributed by atoms with Gasteiger partial charge in [-0.05, 0) is 24.2 Å². The van der Waals surface area contributed by atoms with E-state index in [4.69, 9.17) is 28.9 Å². The molecule has 0 heterocycles. The molecule has 0 aromatic heterocycles. The molecular weight excluding hydrogens is 262 g/mol. The van der Waals surface area contributed by atoms with Gasteiger partial charge in [0.15, 0.2) is 0 Å². The third-order valence-corrected chi connectivity index (χ3v) is 2.73. The highest BCUT2D eigenvalue weighted by Gasteiger charge is 2.32. The van der Waals surface area contributed by atoms with Crippen molar-refractivity contribution in [3.05, 3.63) is 33.8 Å². The Kier molecular flexibility index (Phi) is 4.47. The van der Waals surface area contributed by atoms with Crippen LogP contribution in [0.4, 0.5) is 13.2 Å². The molecule has 1 atom stereocenters. The van der Waals surface area contributed by atoms with E-state index >= 15 is 0 Å². The summed E-state index contributed by atoms with van der Waals surface area (Å²) in [4.78, 5) is 0. The lowest BCUT2D eigenvalue weighted by Crippen LogP contribution is -2.20. The molecule has 0 aliphatic rings. The fourth-order valence-electron chi connectivity index (χ4n) is 1.43. The van der Waals surface area contributed by atoms with Crippen molar-refractivity contribution in [3.63, 3.8) is 0 Å². The topological polar surface area (TPSA) is 26.0 Å². The molecule has 1 aromatic carbocycles. The predicted octanol–water partition coefficient (Wildman–Crippen LogP) is 3.99. The van der Waals surface area contributed by atoms with Gasteiger partial charge in [0.05, 0.1) is 6.42 Å². The molecule has 0 radical (unpaired) electrons. The van der Waals surface area contributed by atoms with Crippen LogP contribution in [0.1, 0.15) is 17.9 Å². The molecule has 1 aromatic rings.